The van der Waals surface area contributed by atoms with Crippen LogP contribution in [0, 0.1) is 0 Å². The summed E-state index contributed by atoms with van der Waals surface area (Å²) in [7, 11) is 0. The molecule has 5 heteroatoms. The summed E-state index contributed by atoms with van der Waals surface area (Å²) in [5.41, 5.74) is 6.44. The molecular weight excluding hydrogens is 220 g/mol. The molecule has 0 atom stereocenters. The van der Waals surface area contributed by atoms with Gasteiger partial charge >= 0.3 is 0 Å². The van der Waals surface area contributed by atoms with Crippen LogP contribution in [0.3, 0.4) is 0 Å². The lowest BCUT2D eigenvalue weighted by Crippen LogP contribution is -2.15. The Morgan fingerprint density at radius 1 is 1.44 bits per heavy atom. The summed E-state index contributed by atoms with van der Waals surface area (Å²) in [6, 6.07) is 3.69. The van der Waals surface area contributed by atoms with E-state index >= 15 is 0 Å². The maximum Gasteiger partial charge on any atom is 0.148 e. The summed E-state index contributed by atoms with van der Waals surface area (Å²) in [4.78, 5) is 8.90. The number of hydrogen-bond donors (Lipinski definition) is 1. The highest BCUT2D eigenvalue weighted by atomic mass is 32.1. The fourth-order valence-electron chi connectivity index (χ4n) is 1.57. The van der Waals surface area contributed by atoms with Crippen molar-refractivity contribution in [2.75, 3.05) is 0 Å². The Hall–Kier alpha value is -1.75. The molecular formula is C11H12N4S. The Bertz CT molecular complexity index is 518. The lowest BCUT2D eigenvalue weighted by molar-refractivity contribution is 0.866. The highest BCUT2D eigenvalue weighted by Crippen LogP contribution is 2.13. The van der Waals surface area contributed by atoms with Gasteiger partial charge in [-0.05, 0) is 12.1 Å². The van der Waals surface area contributed by atoms with Gasteiger partial charge in [-0.3, -0.25) is 4.57 Å². The minimum absolute atomic E-state index is 0.346. The molecule has 82 valence electrons. The highest BCUT2D eigenvalue weighted by molar-refractivity contribution is 7.80. The average Bonchev–Trinajstić information content (AvgIpc) is 2.76. The molecule has 2 rings (SSSR count). The maximum absolute atomic E-state index is 5.67. The molecule has 16 heavy (non-hydrogen) atoms. The van der Waals surface area contributed by atoms with Crippen LogP contribution in [0.15, 0.2) is 30.7 Å². The lowest BCUT2D eigenvalue weighted by atomic mass is 10.2. The summed E-state index contributed by atoms with van der Waals surface area (Å²) >= 11 is 5.01. The molecule has 2 heterocycles. The average molecular weight is 232 g/mol. The van der Waals surface area contributed by atoms with E-state index in [1.807, 2.05) is 29.8 Å². The number of nitrogens with two attached hydrogens (primary N) is 1. The van der Waals surface area contributed by atoms with Gasteiger partial charge in [-0.1, -0.05) is 19.1 Å². The lowest BCUT2D eigenvalue weighted by Gasteiger charge is -2.09. The van der Waals surface area contributed by atoms with Gasteiger partial charge in [-0.25, -0.2) is 9.97 Å². The van der Waals surface area contributed by atoms with Crippen molar-refractivity contribution in [2.24, 2.45) is 5.73 Å². The third-order valence-electron chi connectivity index (χ3n) is 2.31. The van der Waals surface area contributed by atoms with Gasteiger partial charge in [0.15, 0.2) is 0 Å². The van der Waals surface area contributed by atoms with E-state index in [4.69, 9.17) is 18.0 Å². The summed E-state index contributed by atoms with van der Waals surface area (Å²) in [5.74, 6) is 1.68. The Morgan fingerprint density at radius 2 is 2.25 bits per heavy atom. The molecule has 0 saturated heterocycles. The first-order chi connectivity index (χ1) is 7.74. The van der Waals surface area contributed by atoms with Gasteiger partial charge in [0.1, 0.15) is 16.6 Å². The number of aromatic nitrogens is 3. The molecule has 0 bridgehead atoms. The van der Waals surface area contributed by atoms with E-state index in [9.17, 15) is 0 Å². The minimum Gasteiger partial charge on any atom is -0.389 e. The van der Waals surface area contributed by atoms with Gasteiger partial charge in [-0.2, -0.15) is 0 Å². The molecule has 0 spiro atoms. The van der Waals surface area contributed by atoms with Crippen molar-refractivity contribution in [1.82, 2.24) is 14.5 Å². The Morgan fingerprint density at radius 3 is 2.94 bits per heavy atom. The molecule has 0 unspecified atom stereocenters. The van der Waals surface area contributed by atoms with Crippen molar-refractivity contribution in [3.8, 4) is 5.82 Å². The van der Waals surface area contributed by atoms with Gasteiger partial charge in [0.2, 0.25) is 0 Å². The second-order valence-corrected chi connectivity index (χ2v) is 3.75. The molecule has 0 aliphatic heterocycles. The molecule has 0 aromatic carbocycles. The van der Waals surface area contributed by atoms with Crippen molar-refractivity contribution in [1.29, 1.82) is 0 Å². The van der Waals surface area contributed by atoms with Crippen molar-refractivity contribution in [3.05, 3.63) is 42.1 Å². The van der Waals surface area contributed by atoms with Crippen molar-refractivity contribution >= 4 is 17.2 Å². The molecule has 0 saturated carbocycles. The summed E-state index contributed by atoms with van der Waals surface area (Å²) in [5, 5.41) is 0. The number of hydrogen-bond acceptors (Lipinski definition) is 3. The van der Waals surface area contributed by atoms with Crippen LogP contribution in [0.25, 0.3) is 5.82 Å². The van der Waals surface area contributed by atoms with Crippen LogP contribution in [0.5, 0.6) is 0 Å². The molecule has 2 aromatic rings. The molecule has 0 aliphatic rings. The molecule has 0 radical (unpaired) electrons. The van der Waals surface area contributed by atoms with Gasteiger partial charge in [0.25, 0.3) is 0 Å². The third-order valence-corrected chi connectivity index (χ3v) is 2.53. The number of pyridine rings is 1. The highest BCUT2D eigenvalue weighted by Gasteiger charge is 2.10. The van der Waals surface area contributed by atoms with Crippen LogP contribution in [0.2, 0.25) is 0 Å². The summed E-state index contributed by atoms with van der Waals surface area (Å²) < 4.78 is 1.91. The van der Waals surface area contributed by atoms with Crippen LogP contribution in [0.4, 0.5) is 0 Å². The predicted octanol–water partition coefficient (Wildman–Crippen LogP) is 1.46. The molecule has 2 N–H and O–H groups in total. The predicted molar refractivity (Wildman–Crippen MR) is 66.6 cm³/mol. The zero-order valence-corrected chi connectivity index (χ0v) is 9.74. The summed E-state index contributed by atoms with van der Waals surface area (Å²) in [6.45, 7) is 2.04. The zero-order valence-electron chi connectivity index (χ0n) is 8.92. The van der Waals surface area contributed by atoms with Gasteiger partial charge < -0.3 is 5.73 Å². The molecule has 0 aliphatic carbocycles. The monoisotopic (exact) mass is 232 g/mol. The van der Waals surface area contributed by atoms with Crippen LogP contribution in [0.1, 0.15) is 18.3 Å². The first kappa shape index (κ1) is 10.8. The number of aryl methyl sites for hydroxylation is 1. The minimum atomic E-state index is 0.346. The van der Waals surface area contributed by atoms with Gasteiger partial charge in [0.05, 0.1) is 5.56 Å². The fraction of sp³-hybridized carbons (Fsp3) is 0.182. The van der Waals surface area contributed by atoms with E-state index in [1.54, 1.807) is 12.4 Å². The SMILES string of the molecule is CCc1nccn1-c1ncccc1C(N)=S. The summed E-state index contributed by atoms with van der Waals surface area (Å²) in [6.07, 6.45) is 6.16. The van der Waals surface area contributed by atoms with E-state index in [-0.39, 0.29) is 0 Å². The van der Waals surface area contributed by atoms with Crippen molar-refractivity contribution in [3.63, 3.8) is 0 Å². The number of thiocarbonyl (C=S) groups is 1. The fourth-order valence-corrected chi connectivity index (χ4v) is 1.73. The number of imidazole rings is 1. The molecule has 0 amide bonds. The van der Waals surface area contributed by atoms with E-state index in [0.29, 0.717) is 4.99 Å². The molecule has 0 fully saturated rings. The van der Waals surface area contributed by atoms with Gasteiger partial charge in [-0.15, -0.1) is 0 Å². The van der Waals surface area contributed by atoms with E-state index in [2.05, 4.69) is 9.97 Å². The molecule has 4 nitrogen and oxygen atoms in total. The first-order valence-corrected chi connectivity index (χ1v) is 5.42. The Kier molecular flexibility index (Phi) is 2.96. The quantitative estimate of drug-likeness (QED) is 0.814. The smallest absolute Gasteiger partial charge is 0.148 e. The second-order valence-electron chi connectivity index (χ2n) is 3.31. The number of nitrogens with zero attached hydrogens (tertiary/aromatic N) is 3. The third kappa shape index (κ3) is 1.81. The van der Waals surface area contributed by atoms with Crippen molar-refractivity contribution in [2.45, 2.75) is 13.3 Å². The van der Waals surface area contributed by atoms with Crippen LogP contribution >= 0.6 is 12.2 Å². The van der Waals surface area contributed by atoms with Gasteiger partial charge in [0, 0.05) is 25.0 Å². The largest absolute Gasteiger partial charge is 0.389 e. The van der Waals surface area contributed by atoms with Crippen LogP contribution < -0.4 is 5.73 Å². The topological polar surface area (TPSA) is 56.7 Å². The van der Waals surface area contributed by atoms with E-state index < -0.39 is 0 Å². The van der Waals surface area contributed by atoms with E-state index in [1.165, 1.54) is 0 Å². The normalized spacial score (nSPS) is 10.3. The first-order valence-electron chi connectivity index (χ1n) is 5.01. The zero-order chi connectivity index (χ0) is 11.5. The maximum atomic E-state index is 5.67. The van der Waals surface area contributed by atoms with Crippen LogP contribution in [-0.4, -0.2) is 19.5 Å². The Labute approximate surface area is 99.1 Å². The molecule has 2 aromatic heterocycles. The van der Waals surface area contributed by atoms with Crippen molar-refractivity contribution < 1.29 is 0 Å². The number of rotatable bonds is 3. The Balaban J connectivity index is 2.60. The van der Waals surface area contributed by atoms with Crippen LogP contribution in [-0.2, 0) is 6.42 Å². The van der Waals surface area contributed by atoms with E-state index in [0.717, 1.165) is 23.6 Å². The second kappa shape index (κ2) is 4.40. The standard InChI is InChI=1S/C11H12N4S/c1-2-9-13-6-7-15(9)11-8(10(12)16)4-3-5-14-11/h3-7H,2H2,1H3,(H2,12,16).